The summed E-state index contributed by atoms with van der Waals surface area (Å²) in [5, 5.41) is 0. The topological polar surface area (TPSA) is 39.2 Å². The minimum atomic E-state index is -0.160. The smallest absolute Gasteiger partial charge is 0.338 e. The van der Waals surface area contributed by atoms with Crippen molar-refractivity contribution in [1.29, 1.82) is 0 Å². The van der Waals surface area contributed by atoms with Gasteiger partial charge in [-0.15, -0.1) is 0 Å². The van der Waals surface area contributed by atoms with Crippen LogP contribution in [0.5, 0.6) is 0 Å². The first kappa shape index (κ1) is 23.5. The molecule has 0 amide bonds. The molecule has 36 heavy (non-hydrogen) atoms. The molecule has 0 spiro atoms. The van der Waals surface area contributed by atoms with Crippen LogP contribution in [0.25, 0.3) is 5.57 Å². The lowest BCUT2D eigenvalue weighted by molar-refractivity contribution is 0.00235. The highest BCUT2D eigenvalue weighted by Gasteiger charge is 2.54. The van der Waals surface area contributed by atoms with Gasteiger partial charge in [-0.05, 0) is 91.5 Å². The lowest BCUT2D eigenvalue weighted by atomic mass is 9.49. The first-order valence-electron chi connectivity index (χ1n) is 13.6. The van der Waals surface area contributed by atoms with Crippen molar-refractivity contribution in [3.8, 4) is 0 Å². The summed E-state index contributed by atoms with van der Waals surface area (Å²) >= 11 is 0. The lowest BCUT2D eigenvalue weighted by Crippen LogP contribution is -2.47. The molecule has 1 aromatic carbocycles. The van der Waals surface area contributed by atoms with Crippen molar-refractivity contribution in [2.24, 2.45) is 22.7 Å². The zero-order chi connectivity index (χ0) is 25.1. The van der Waals surface area contributed by atoms with Crippen LogP contribution in [0.3, 0.4) is 0 Å². The van der Waals surface area contributed by atoms with Gasteiger partial charge in [0.1, 0.15) is 6.10 Å². The number of allylic oxidation sites excluding steroid dienone is 5. The first-order valence-corrected chi connectivity index (χ1v) is 13.6. The number of nitrogens with zero attached hydrogens (tertiary/aromatic N) is 1. The Morgan fingerprint density at radius 3 is 2.58 bits per heavy atom. The number of pyridine rings is 1. The van der Waals surface area contributed by atoms with Crippen molar-refractivity contribution in [2.75, 3.05) is 0 Å². The van der Waals surface area contributed by atoms with Crippen LogP contribution in [-0.2, 0) is 4.74 Å². The fourth-order valence-corrected chi connectivity index (χ4v) is 8.02. The fraction of sp³-hybridized carbons (Fsp3) is 0.455. The van der Waals surface area contributed by atoms with Crippen LogP contribution < -0.4 is 0 Å². The average molecular weight is 480 g/mol. The molecular formula is C33H37NO2. The van der Waals surface area contributed by atoms with Gasteiger partial charge in [0.25, 0.3) is 0 Å². The quantitative estimate of drug-likeness (QED) is 0.333. The third-order valence-electron chi connectivity index (χ3n) is 10.0. The standard InChI is InChI=1S/C33H37NO2/c1-21-7-5-8-22(2)30(21)31(35)36-25-14-16-32(3)24(19-25)10-11-26-28-13-12-27(23-9-6-18-34-20-23)33(28,4)17-15-29(26)32/h5-10,12-13,18,20,25-26,29H,11,14-17,19H2,1-4H3. The Morgan fingerprint density at radius 1 is 1.03 bits per heavy atom. The number of aromatic nitrogens is 1. The molecule has 1 aromatic heterocycles. The van der Waals surface area contributed by atoms with Gasteiger partial charge >= 0.3 is 5.97 Å². The second-order valence-corrected chi connectivity index (χ2v) is 11.9. The number of carbonyl (C=O) groups excluding carboxylic acids is 1. The molecule has 0 aliphatic heterocycles. The molecule has 5 unspecified atom stereocenters. The van der Waals surface area contributed by atoms with Crippen LogP contribution in [0.15, 0.2) is 72.1 Å². The molecule has 2 saturated carbocycles. The number of hydrogen-bond donors (Lipinski definition) is 0. The lowest BCUT2D eigenvalue weighted by Gasteiger charge is -2.56. The van der Waals surface area contributed by atoms with Crippen LogP contribution in [0.2, 0.25) is 0 Å². The summed E-state index contributed by atoms with van der Waals surface area (Å²) in [6, 6.07) is 10.2. The molecular weight excluding hydrogens is 442 g/mol. The zero-order valence-electron chi connectivity index (χ0n) is 22.0. The molecule has 0 bridgehead atoms. The van der Waals surface area contributed by atoms with Gasteiger partial charge in [-0.3, -0.25) is 4.98 Å². The van der Waals surface area contributed by atoms with E-state index in [4.69, 9.17) is 4.74 Å². The molecule has 3 heteroatoms. The summed E-state index contributed by atoms with van der Waals surface area (Å²) < 4.78 is 6.11. The zero-order valence-corrected chi connectivity index (χ0v) is 22.0. The third kappa shape index (κ3) is 3.54. The third-order valence-corrected chi connectivity index (χ3v) is 10.0. The summed E-state index contributed by atoms with van der Waals surface area (Å²) in [6.07, 6.45) is 17.6. The van der Waals surface area contributed by atoms with E-state index in [1.807, 2.05) is 50.5 Å². The van der Waals surface area contributed by atoms with E-state index >= 15 is 0 Å². The predicted molar refractivity (Wildman–Crippen MR) is 144 cm³/mol. The summed E-state index contributed by atoms with van der Waals surface area (Å²) in [7, 11) is 0. The van der Waals surface area contributed by atoms with E-state index in [9.17, 15) is 4.79 Å². The maximum Gasteiger partial charge on any atom is 0.338 e. The van der Waals surface area contributed by atoms with Crippen molar-refractivity contribution in [3.05, 3.63) is 94.4 Å². The largest absolute Gasteiger partial charge is 0.458 e. The fourth-order valence-electron chi connectivity index (χ4n) is 8.02. The van der Waals surface area contributed by atoms with Crippen molar-refractivity contribution in [1.82, 2.24) is 4.98 Å². The normalized spacial score (nSPS) is 32.9. The van der Waals surface area contributed by atoms with Gasteiger partial charge in [-0.2, -0.15) is 0 Å². The van der Waals surface area contributed by atoms with Crippen LogP contribution in [0.1, 0.15) is 79.4 Å². The molecule has 4 aliphatic carbocycles. The summed E-state index contributed by atoms with van der Waals surface area (Å²) in [5.74, 6) is 1.09. The van der Waals surface area contributed by atoms with Crippen LogP contribution in [-0.4, -0.2) is 17.1 Å². The molecule has 3 nitrogen and oxygen atoms in total. The van der Waals surface area contributed by atoms with Crippen molar-refractivity contribution in [2.45, 2.75) is 72.3 Å². The highest BCUT2D eigenvalue weighted by molar-refractivity contribution is 5.92. The SMILES string of the molecule is Cc1cccc(C)c1C(=O)OC1CCC2(C)C(=CCC3C4=CC=C(c5cccnc5)C4(C)CCC32)C1. The molecule has 186 valence electrons. The van der Waals surface area contributed by atoms with E-state index in [1.165, 1.54) is 29.6 Å². The number of ether oxygens (including phenoxy) is 1. The van der Waals surface area contributed by atoms with Crippen molar-refractivity contribution < 1.29 is 9.53 Å². The van der Waals surface area contributed by atoms with E-state index in [1.54, 1.807) is 5.57 Å². The van der Waals surface area contributed by atoms with E-state index in [0.29, 0.717) is 11.8 Å². The molecule has 2 aromatic rings. The molecule has 0 saturated heterocycles. The minimum Gasteiger partial charge on any atom is -0.458 e. The summed E-state index contributed by atoms with van der Waals surface area (Å²) in [4.78, 5) is 17.5. The molecule has 0 radical (unpaired) electrons. The highest BCUT2D eigenvalue weighted by atomic mass is 16.5. The Morgan fingerprint density at radius 2 is 1.83 bits per heavy atom. The molecule has 2 fully saturated rings. The molecule has 0 N–H and O–H groups in total. The van der Waals surface area contributed by atoms with Crippen molar-refractivity contribution in [3.63, 3.8) is 0 Å². The highest BCUT2D eigenvalue weighted by Crippen LogP contribution is 2.64. The Balaban J connectivity index is 1.21. The van der Waals surface area contributed by atoms with Gasteiger partial charge in [0.15, 0.2) is 0 Å². The minimum absolute atomic E-state index is 0.0224. The average Bonchev–Trinajstić information content (AvgIpc) is 3.22. The predicted octanol–water partition coefficient (Wildman–Crippen LogP) is 7.80. The van der Waals surface area contributed by atoms with E-state index in [0.717, 1.165) is 42.4 Å². The van der Waals surface area contributed by atoms with E-state index < -0.39 is 0 Å². The van der Waals surface area contributed by atoms with Gasteiger partial charge in [0, 0.05) is 24.2 Å². The van der Waals surface area contributed by atoms with Gasteiger partial charge in [-0.25, -0.2) is 4.79 Å². The number of carbonyl (C=O) groups is 1. The van der Waals surface area contributed by atoms with Gasteiger partial charge < -0.3 is 4.74 Å². The number of benzene rings is 1. The summed E-state index contributed by atoms with van der Waals surface area (Å²) in [6.45, 7) is 8.93. The molecule has 5 atom stereocenters. The first-order chi connectivity index (χ1) is 17.3. The number of esters is 1. The number of rotatable bonds is 3. The maximum atomic E-state index is 13.1. The Bertz CT molecular complexity index is 1280. The summed E-state index contributed by atoms with van der Waals surface area (Å²) in [5.41, 5.74) is 8.88. The number of hydrogen-bond acceptors (Lipinski definition) is 3. The number of aryl methyl sites for hydroxylation is 2. The van der Waals surface area contributed by atoms with Crippen molar-refractivity contribution >= 4 is 11.5 Å². The van der Waals surface area contributed by atoms with Crippen LogP contribution >= 0.6 is 0 Å². The molecule has 6 rings (SSSR count). The van der Waals surface area contributed by atoms with Crippen LogP contribution in [0.4, 0.5) is 0 Å². The monoisotopic (exact) mass is 479 g/mol. The Labute approximate surface area is 215 Å². The second-order valence-electron chi connectivity index (χ2n) is 11.9. The second kappa shape index (κ2) is 8.57. The Kier molecular flexibility index (Phi) is 5.59. The number of fused-ring (bicyclic) bond motifs is 5. The van der Waals surface area contributed by atoms with Gasteiger partial charge in [0.2, 0.25) is 0 Å². The van der Waals surface area contributed by atoms with Gasteiger partial charge in [-0.1, -0.05) is 67.5 Å². The maximum absolute atomic E-state index is 13.1. The van der Waals surface area contributed by atoms with E-state index in [-0.39, 0.29) is 22.9 Å². The van der Waals surface area contributed by atoms with Crippen LogP contribution in [0, 0.1) is 36.5 Å². The van der Waals surface area contributed by atoms with E-state index in [2.05, 4.69) is 43.1 Å². The van der Waals surface area contributed by atoms with Gasteiger partial charge in [0.05, 0.1) is 5.56 Å². The Hall–Kier alpha value is -2.94. The molecule has 4 aliphatic rings. The molecule has 1 heterocycles.